The summed E-state index contributed by atoms with van der Waals surface area (Å²) in [6, 6.07) is 12.5. The Kier molecular flexibility index (Phi) is 12.4. The predicted molar refractivity (Wildman–Crippen MR) is 237 cm³/mol. The van der Waals surface area contributed by atoms with Crippen LogP contribution in [0.4, 0.5) is 9.59 Å². The van der Waals surface area contributed by atoms with Gasteiger partial charge in [-0.25, -0.2) is 19.6 Å². The minimum Gasteiger partial charge on any atom is -0.488 e. The van der Waals surface area contributed by atoms with Crippen molar-refractivity contribution in [2.24, 2.45) is 17.8 Å². The van der Waals surface area contributed by atoms with E-state index in [1.165, 1.54) is 14.2 Å². The number of fused-ring (bicyclic) bond motifs is 6. The Morgan fingerprint density at radius 2 is 1.65 bits per heavy atom. The Morgan fingerprint density at radius 1 is 0.889 bits per heavy atom. The van der Waals surface area contributed by atoms with Gasteiger partial charge in [-0.1, -0.05) is 52.3 Å². The van der Waals surface area contributed by atoms with E-state index >= 15 is 0 Å². The second kappa shape index (κ2) is 17.9. The van der Waals surface area contributed by atoms with Gasteiger partial charge in [-0.15, -0.1) is 0 Å². The molecule has 0 saturated carbocycles. The molecule has 7 atom stereocenters. The van der Waals surface area contributed by atoms with Crippen molar-refractivity contribution in [2.45, 2.75) is 97.1 Å². The van der Waals surface area contributed by atoms with Crippen molar-refractivity contribution in [3.8, 4) is 28.1 Å². The molecule has 3 aliphatic heterocycles. The summed E-state index contributed by atoms with van der Waals surface area (Å²) in [4.78, 5) is 73.1. The van der Waals surface area contributed by atoms with E-state index in [1.807, 2.05) is 50.5 Å². The zero-order chi connectivity index (χ0) is 44.7. The second-order valence-corrected chi connectivity index (χ2v) is 17.6. The number of aromatic amines is 2. The molecule has 0 spiro atoms. The molecular formula is C47H58N8O8. The van der Waals surface area contributed by atoms with Gasteiger partial charge in [-0.2, -0.15) is 0 Å². The number of amides is 4. The highest BCUT2D eigenvalue weighted by Gasteiger charge is 2.43. The summed E-state index contributed by atoms with van der Waals surface area (Å²) in [5.74, 6) is 1.69. The third-order valence-electron chi connectivity index (χ3n) is 13.2. The largest absolute Gasteiger partial charge is 0.488 e. The maximum atomic E-state index is 14.1. The number of carbonyl (C=O) groups is 4. The van der Waals surface area contributed by atoms with Gasteiger partial charge in [0.05, 0.1) is 55.8 Å². The molecule has 0 radical (unpaired) electrons. The van der Waals surface area contributed by atoms with Gasteiger partial charge in [0.15, 0.2) is 0 Å². The summed E-state index contributed by atoms with van der Waals surface area (Å²) in [6.45, 7) is 11.1. The molecule has 0 bridgehead atoms. The first-order chi connectivity index (χ1) is 30.3. The van der Waals surface area contributed by atoms with Gasteiger partial charge in [-0.3, -0.25) is 9.59 Å². The lowest BCUT2D eigenvalue weighted by molar-refractivity contribution is -0.137. The third kappa shape index (κ3) is 8.28. The van der Waals surface area contributed by atoms with Crippen LogP contribution < -0.4 is 15.4 Å². The average Bonchev–Trinajstić information content (AvgIpc) is 4.11. The summed E-state index contributed by atoms with van der Waals surface area (Å²) in [6.07, 6.45) is 3.45. The van der Waals surface area contributed by atoms with Gasteiger partial charge < -0.3 is 49.3 Å². The first kappa shape index (κ1) is 43.5. The standard InChI is InChI=1S/C47H58N8O8/c1-9-25(4)40(53-47(59)62-8)44(56)54-21-27(22-60-6)16-37(54)42-48-20-35(50-42)29-11-13-31-30(17-29)23-63-38-19-32-28(18-33(31)38)12-14-34-41(32)51-43(49-34)36-15-10-26(5)55(36)45(57)39(24(2)3)52-46(58)61-7/h11-14,17-20,24-27,36-37,39-40H,9-10,15-16,21-23H2,1-8H3,(H,48,50)(H,49,51)(H,52,58)(H,53,59)/t25-,26-,27-,36-,37-,39-,40-/m0/s1. The van der Waals surface area contributed by atoms with E-state index in [0.717, 1.165) is 68.3 Å². The number of nitrogens with zero attached hydrogens (tertiary/aromatic N) is 4. The zero-order valence-corrected chi connectivity index (χ0v) is 37.2. The number of hydrogen-bond acceptors (Lipinski definition) is 10. The van der Waals surface area contributed by atoms with Crippen molar-refractivity contribution in [3.63, 3.8) is 0 Å². The Balaban J connectivity index is 1.05. The molecule has 3 aromatic carbocycles. The number of H-pyrrole nitrogens is 2. The SMILES string of the molecule is CC[C@H](C)[C@H](NC(=O)OC)C(=O)N1C[C@@H](COC)C[C@H]1c1ncc(-c2ccc3c(c2)COc2cc4c(ccc5nc([C@@H]6CC[C@H](C)N6C(=O)[C@@H](NC(=O)OC)C(C)C)[nH]c54)cc2-3)[nH]1. The molecule has 4 N–H and O–H groups in total. The van der Waals surface area contributed by atoms with Crippen LogP contribution in [0.25, 0.3) is 44.2 Å². The van der Waals surface area contributed by atoms with Crippen LogP contribution in [0.1, 0.15) is 89.6 Å². The monoisotopic (exact) mass is 862 g/mol. The predicted octanol–water partition coefficient (Wildman–Crippen LogP) is 7.40. The van der Waals surface area contributed by atoms with Gasteiger partial charge in [-0.05, 0) is 84.4 Å². The zero-order valence-electron chi connectivity index (χ0n) is 37.2. The van der Waals surface area contributed by atoms with Crippen LogP contribution in [0.2, 0.25) is 0 Å². The first-order valence-corrected chi connectivity index (χ1v) is 21.9. The second-order valence-electron chi connectivity index (χ2n) is 17.6. The normalized spacial score (nSPS) is 20.8. The van der Waals surface area contributed by atoms with Gasteiger partial charge in [0.25, 0.3) is 0 Å². The molecule has 0 aliphatic carbocycles. The summed E-state index contributed by atoms with van der Waals surface area (Å²) in [7, 11) is 4.25. The van der Waals surface area contributed by atoms with Gasteiger partial charge in [0, 0.05) is 36.6 Å². The van der Waals surface area contributed by atoms with E-state index in [2.05, 4.69) is 57.0 Å². The molecule has 4 amide bonds. The van der Waals surface area contributed by atoms with Crippen LogP contribution in [0.5, 0.6) is 5.75 Å². The van der Waals surface area contributed by atoms with Crippen molar-refractivity contribution < 1.29 is 38.1 Å². The van der Waals surface area contributed by atoms with E-state index in [9.17, 15) is 19.2 Å². The maximum Gasteiger partial charge on any atom is 0.407 e. The molecule has 2 saturated heterocycles. The quantitative estimate of drug-likeness (QED) is 0.0982. The van der Waals surface area contributed by atoms with E-state index < -0.39 is 24.3 Å². The van der Waals surface area contributed by atoms with Crippen molar-refractivity contribution in [1.82, 2.24) is 40.4 Å². The van der Waals surface area contributed by atoms with E-state index in [1.54, 1.807) is 13.3 Å². The van der Waals surface area contributed by atoms with Crippen molar-refractivity contribution in [3.05, 3.63) is 65.9 Å². The molecule has 16 heteroatoms. The Bertz CT molecular complexity index is 2530. The number of likely N-dealkylation sites (tertiary alicyclic amines) is 2. The fourth-order valence-electron chi connectivity index (χ4n) is 9.60. The number of ether oxygens (including phenoxy) is 4. The van der Waals surface area contributed by atoms with Crippen LogP contribution in [-0.2, 0) is 30.4 Å². The van der Waals surface area contributed by atoms with E-state index in [-0.39, 0.29) is 47.7 Å². The average molecular weight is 863 g/mol. The number of benzene rings is 3. The van der Waals surface area contributed by atoms with Crippen molar-refractivity contribution in [2.75, 3.05) is 34.5 Å². The van der Waals surface area contributed by atoms with Gasteiger partial charge in [0.2, 0.25) is 11.8 Å². The highest BCUT2D eigenvalue weighted by atomic mass is 16.5. The van der Waals surface area contributed by atoms with Gasteiger partial charge in [0.1, 0.15) is 36.1 Å². The lowest BCUT2D eigenvalue weighted by atomic mass is 9.92. The van der Waals surface area contributed by atoms with Gasteiger partial charge >= 0.3 is 12.2 Å². The smallest absolute Gasteiger partial charge is 0.407 e. The van der Waals surface area contributed by atoms with Crippen LogP contribution >= 0.6 is 0 Å². The first-order valence-electron chi connectivity index (χ1n) is 21.9. The number of methoxy groups -OCH3 is 3. The topological polar surface area (TPSA) is 193 Å². The molecule has 5 aromatic rings. The molecular weight excluding hydrogens is 805 g/mol. The summed E-state index contributed by atoms with van der Waals surface area (Å²) in [5, 5.41) is 7.50. The lowest BCUT2D eigenvalue weighted by Gasteiger charge is -2.32. The fourth-order valence-corrected chi connectivity index (χ4v) is 9.60. The Morgan fingerprint density at radius 3 is 2.37 bits per heavy atom. The Labute approximate surface area is 366 Å². The number of rotatable bonds is 12. The highest BCUT2D eigenvalue weighted by Crippen LogP contribution is 2.44. The van der Waals surface area contributed by atoms with E-state index in [4.69, 9.17) is 28.9 Å². The number of aromatic nitrogens is 4. The Hall–Kier alpha value is -6.16. The molecule has 3 aliphatic rings. The molecule has 16 nitrogen and oxygen atoms in total. The number of nitrogens with one attached hydrogen (secondary N) is 4. The lowest BCUT2D eigenvalue weighted by Crippen LogP contribution is -2.52. The van der Waals surface area contributed by atoms with Crippen LogP contribution in [-0.4, -0.2) is 106 Å². The molecule has 0 unspecified atom stereocenters. The minimum absolute atomic E-state index is 0.0303. The van der Waals surface area contributed by atoms with Crippen LogP contribution in [0.15, 0.2) is 48.7 Å². The van der Waals surface area contributed by atoms with Crippen molar-refractivity contribution in [1.29, 1.82) is 0 Å². The van der Waals surface area contributed by atoms with Crippen molar-refractivity contribution >= 4 is 45.8 Å². The molecule has 334 valence electrons. The highest BCUT2D eigenvalue weighted by molar-refractivity contribution is 6.07. The molecule has 8 rings (SSSR count). The summed E-state index contributed by atoms with van der Waals surface area (Å²) >= 11 is 0. The van der Waals surface area contributed by atoms with E-state index in [0.29, 0.717) is 44.2 Å². The molecule has 2 aromatic heterocycles. The summed E-state index contributed by atoms with van der Waals surface area (Å²) in [5.41, 5.74) is 6.52. The number of alkyl carbamates (subject to hydrolysis) is 2. The number of imidazole rings is 2. The minimum atomic E-state index is -0.741. The van der Waals surface area contributed by atoms with Crippen LogP contribution in [0.3, 0.4) is 0 Å². The maximum absolute atomic E-state index is 14.1. The molecule has 2 fully saturated rings. The number of carbonyl (C=O) groups excluding carboxylic acids is 4. The molecule has 63 heavy (non-hydrogen) atoms. The number of hydrogen-bond donors (Lipinski definition) is 4. The third-order valence-corrected chi connectivity index (χ3v) is 13.2. The summed E-state index contributed by atoms with van der Waals surface area (Å²) < 4.78 is 21.6. The fraction of sp³-hybridized carbons (Fsp3) is 0.489. The molecule has 5 heterocycles. The van der Waals surface area contributed by atoms with Crippen LogP contribution in [0, 0.1) is 17.8 Å².